The SMILES string of the molecule is COc1nc(-c2cccc(-c3cccc(NC(=O)c4ccnn(C)c4=O)c3Cl)c2Cl)ccc1CN1CCC(C(=O)OCC(C)(C)C)CC1. The average Bonchev–Trinajstić information content (AvgIpc) is 3.06. The number of hydrogen-bond donors (Lipinski definition) is 1. The molecule has 2 aromatic heterocycles. The van der Waals surface area contributed by atoms with Gasteiger partial charge < -0.3 is 14.8 Å². The Morgan fingerprint density at radius 2 is 1.62 bits per heavy atom. The van der Waals surface area contributed by atoms with Gasteiger partial charge in [0, 0.05) is 42.0 Å². The predicted molar refractivity (Wildman–Crippen MR) is 188 cm³/mol. The van der Waals surface area contributed by atoms with Crippen LogP contribution in [0.4, 0.5) is 5.69 Å². The van der Waals surface area contributed by atoms with Gasteiger partial charge in [-0.2, -0.15) is 5.10 Å². The summed E-state index contributed by atoms with van der Waals surface area (Å²) in [7, 11) is 3.06. The van der Waals surface area contributed by atoms with Crippen molar-refractivity contribution in [3.05, 3.63) is 92.3 Å². The highest BCUT2D eigenvalue weighted by atomic mass is 35.5. The first-order valence-electron chi connectivity index (χ1n) is 15.7. The first kappa shape index (κ1) is 35.1. The molecule has 5 rings (SSSR count). The van der Waals surface area contributed by atoms with Crippen LogP contribution in [0.5, 0.6) is 5.88 Å². The molecule has 0 spiro atoms. The van der Waals surface area contributed by atoms with Crippen molar-refractivity contribution < 1.29 is 19.1 Å². The van der Waals surface area contributed by atoms with Crippen LogP contribution in [0.1, 0.15) is 49.5 Å². The number of carbonyl (C=O) groups is 2. The molecule has 1 aliphatic heterocycles. The zero-order valence-electron chi connectivity index (χ0n) is 27.7. The molecule has 252 valence electrons. The van der Waals surface area contributed by atoms with Gasteiger partial charge in [0.05, 0.1) is 41.1 Å². The molecule has 12 heteroatoms. The first-order valence-corrected chi connectivity index (χ1v) is 16.5. The van der Waals surface area contributed by atoms with Gasteiger partial charge in [-0.1, -0.05) is 80.4 Å². The Kier molecular flexibility index (Phi) is 10.9. The van der Waals surface area contributed by atoms with Crippen molar-refractivity contribution in [2.45, 2.75) is 40.2 Å². The van der Waals surface area contributed by atoms with E-state index in [1.165, 1.54) is 19.3 Å². The number of nitrogens with one attached hydrogen (secondary N) is 1. The van der Waals surface area contributed by atoms with Crippen molar-refractivity contribution in [2.75, 3.05) is 32.1 Å². The average molecular weight is 693 g/mol. The lowest BCUT2D eigenvalue weighted by atomic mass is 9.95. The molecule has 10 nitrogen and oxygen atoms in total. The highest BCUT2D eigenvalue weighted by Gasteiger charge is 2.28. The Balaban J connectivity index is 1.32. The van der Waals surface area contributed by atoms with E-state index in [0.717, 1.165) is 36.2 Å². The summed E-state index contributed by atoms with van der Waals surface area (Å²) in [4.78, 5) is 45.0. The molecule has 1 fully saturated rings. The fourth-order valence-corrected chi connectivity index (χ4v) is 6.13. The highest BCUT2D eigenvalue weighted by molar-refractivity contribution is 6.39. The Bertz CT molecular complexity index is 1880. The van der Waals surface area contributed by atoms with Crippen molar-refractivity contribution in [3.63, 3.8) is 0 Å². The molecule has 0 unspecified atom stereocenters. The third-order valence-corrected chi connectivity index (χ3v) is 8.97. The number of hydrogen-bond acceptors (Lipinski definition) is 8. The molecule has 48 heavy (non-hydrogen) atoms. The van der Waals surface area contributed by atoms with Gasteiger partial charge in [0.25, 0.3) is 11.5 Å². The Morgan fingerprint density at radius 3 is 2.31 bits per heavy atom. The van der Waals surface area contributed by atoms with Crippen LogP contribution in [0, 0.1) is 11.3 Å². The zero-order valence-corrected chi connectivity index (χ0v) is 29.2. The lowest BCUT2D eigenvalue weighted by Gasteiger charge is -2.31. The molecule has 1 saturated heterocycles. The summed E-state index contributed by atoms with van der Waals surface area (Å²) in [5.74, 6) is -0.301. The van der Waals surface area contributed by atoms with Gasteiger partial charge in [0.1, 0.15) is 5.56 Å². The van der Waals surface area contributed by atoms with Crippen LogP contribution >= 0.6 is 23.2 Å². The summed E-state index contributed by atoms with van der Waals surface area (Å²) in [6, 6.07) is 16.0. The largest absolute Gasteiger partial charge is 0.481 e. The van der Waals surface area contributed by atoms with E-state index in [1.807, 2.05) is 30.3 Å². The van der Waals surface area contributed by atoms with E-state index in [-0.39, 0.29) is 27.9 Å². The Morgan fingerprint density at radius 1 is 0.958 bits per heavy atom. The second kappa shape index (κ2) is 14.9. The minimum absolute atomic E-state index is 0.0563. The van der Waals surface area contributed by atoms with Crippen molar-refractivity contribution in [1.29, 1.82) is 0 Å². The van der Waals surface area contributed by atoms with Crippen LogP contribution in [0.2, 0.25) is 10.0 Å². The number of likely N-dealkylation sites (tertiary alicyclic amines) is 1. The van der Waals surface area contributed by atoms with Crippen molar-refractivity contribution >= 4 is 40.8 Å². The number of halogens is 2. The van der Waals surface area contributed by atoms with E-state index < -0.39 is 11.5 Å². The molecule has 0 saturated carbocycles. The standard InChI is InChI=1S/C36H39Cl2N5O5/c1-36(2,3)21-48-35(46)22-15-18-43(19-16-22)20-23-12-13-28(41-33(23)47-5)26-10-6-8-24(30(26)37)25-9-7-11-29(31(25)38)40-32(44)27-14-17-39-42(4)34(27)45/h6-14,17,22H,15-16,18-21H2,1-5H3,(H,40,44). The van der Waals surface area contributed by atoms with Crippen LogP contribution in [-0.4, -0.2) is 58.3 Å². The van der Waals surface area contributed by atoms with Gasteiger partial charge in [-0.3, -0.25) is 19.3 Å². The molecule has 0 radical (unpaired) electrons. The predicted octanol–water partition coefficient (Wildman–Crippen LogP) is 6.88. The molecular formula is C36H39Cl2N5O5. The number of benzene rings is 2. The smallest absolute Gasteiger partial charge is 0.309 e. The third kappa shape index (κ3) is 8.06. The van der Waals surface area contributed by atoms with E-state index in [4.69, 9.17) is 37.7 Å². The number of anilines is 1. The number of amides is 1. The number of esters is 1. The highest BCUT2D eigenvalue weighted by Crippen LogP contribution is 2.41. The van der Waals surface area contributed by atoms with Gasteiger partial charge in [-0.05, 0) is 49.5 Å². The molecule has 1 aliphatic rings. The van der Waals surface area contributed by atoms with E-state index in [0.29, 0.717) is 52.1 Å². The Labute approximate surface area is 290 Å². The monoisotopic (exact) mass is 691 g/mol. The minimum Gasteiger partial charge on any atom is -0.481 e. The van der Waals surface area contributed by atoms with E-state index in [2.05, 4.69) is 36.1 Å². The van der Waals surface area contributed by atoms with Crippen LogP contribution in [0.3, 0.4) is 0 Å². The summed E-state index contributed by atoms with van der Waals surface area (Å²) in [5, 5.41) is 7.28. The number of methoxy groups -OCH3 is 1. The van der Waals surface area contributed by atoms with Gasteiger partial charge in [-0.15, -0.1) is 0 Å². The molecule has 2 aromatic carbocycles. The Hall–Kier alpha value is -4.25. The van der Waals surface area contributed by atoms with Crippen LogP contribution < -0.4 is 15.6 Å². The normalized spacial score (nSPS) is 14.1. The molecule has 0 aliphatic carbocycles. The van der Waals surface area contributed by atoms with Gasteiger partial charge in [0.2, 0.25) is 5.88 Å². The fraction of sp³-hybridized carbons (Fsp3) is 0.361. The van der Waals surface area contributed by atoms with Crippen LogP contribution in [0.25, 0.3) is 22.4 Å². The molecule has 1 N–H and O–H groups in total. The van der Waals surface area contributed by atoms with E-state index >= 15 is 0 Å². The molecule has 3 heterocycles. The summed E-state index contributed by atoms with van der Waals surface area (Å²) in [6.45, 7) is 8.75. The first-order chi connectivity index (χ1) is 22.9. The molecule has 0 bridgehead atoms. The number of aryl methyl sites for hydroxylation is 1. The number of nitrogens with zero attached hydrogens (tertiary/aromatic N) is 4. The summed E-state index contributed by atoms with van der Waals surface area (Å²) >= 11 is 13.8. The number of pyridine rings is 1. The molecule has 1 amide bonds. The maximum absolute atomic E-state index is 12.9. The number of rotatable bonds is 9. The number of aromatic nitrogens is 3. The maximum atomic E-state index is 12.9. The minimum atomic E-state index is -0.601. The quantitative estimate of drug-likeness (QED) is 0.189. The van der Waals surface area contributed by atoms with Crippen molar-refractivity contribution in [1.82, 2.24) is 19.7 Å². The molecule has 0 atom stereocenters. The lowest BCUT2D eigenvalue weighted by Crippen LogP contribution is -2.37. The maximum Gasteiger partial charge on any atom is 0.309 e. The van der Waals surface area contributed by atoms with Crippen molar-refractivity contribution in [2.24, 2.45) is 18.4 Å². The molecule has 4 aromatic rings. The van der Waals surface area contributed by atoms with Crippen LogP contribution in [-0.2, 0) is 23.1 Å². The summed E-state index contributed by atoms with van der Waals surface area (Å²) < 4.78 is 12.3. The van der Waals surface area contributed by atoms with Gasteiger partial charge in [0.15, 0.2) is 0 Å². The number of ether oxygens (including phenoxy) is 2. The van der Waals surface area contributed by atoms with Gasteiger partial charge >= 0.3 is 5.97 Å². The number of carbonyl (C=O) groups excluding carboxylic acids is 2. The van der Waals surface area contributed by atoms with E-state index in [9.17, 15) is 14.4 Å². The number of piperidine rings is 1. The lowest BCUT2D eigenvalue weighted by molar-refractivity contribution is -0.153. The second-order valence-corrected chi connectivity index (χ2v) is 13.8. The fourth-order valence-electron chi connectivity index (χ4n) is 5.53. The summed E-state index contributed by atoms with van der Waals surface area (Å²) in [6.07, 6.45) is 2.87. The zero-order chi connectivity index (χ0) is 34.6. The van der Waals surface area contributed by atoms with E-state index in [1.54, 1.807) is 25.3 Å². The summed E-state index contributed by atoms with van der Waals surface area (Å²) in [5.41, 5.74) is 3.16. The van der Waals surface area contributed by atoms with Crippen LogP contribution in [0.15, 0.2) is 65.6 Å². The van der Waals surface area contributed by atoms with Crippen molar-refractivity contribution in [3.8, 4) is 28.3 Å². The topological polar surface area (TPSA) is 116 Å². The third-order valence-electron chi connectivity index (χ3n) is 8.16. The second-order valence-electron chi connectivity index (χ2n) is 13.0. The molecular weight excluding hydrogens is 653 g/mol. The van der Waals surface area contributed by atoms with Gasteiger partial charge in [-0.25, -0.2) is 9.67 Å².